The molecule has 0 radical (unpaired) electrons. The maximum Gasteiger partial charge on any atom is 0.337 e. The van der Waals surface area contributed by atoms with E-state index < -0.39 is 0 Å². The number of methoxy groups -OCH3 is 1. The van der Waals surface area contributed by atoms with E-state index >= 15 is 0 Å². The number of ether oxygens (including phenoxy) is 2. The summed E-state index contributed by atoms with van der Waals surface area (Å²) in [6, 6.07) is 9.15. The second kappa shape index (κ2) is 8.29. The van der Waals surface area contributed by atoms with Crippen LogP contribution in [0.25, 0.3) is 5.69 Å². The SMILES string of the molecule is COC(=O)c1ccc(-n2c(C)cc(C(=O)CN3C[C@H](C)O[C@@H](C)C3)c2C)cc1. The normalized spacial score (nSPS) is 20.2. The number of benzene rings is 1. The number of carbonyl (C=O) groups is 2. The lowest BCUT2D eigenvalue weighted by Crippen LogP contribution is -2.47. The van der Waals surface area contributed by atoms with Crippen LogP contribution in [0.2, 0.25) is 0 Å². The average Bonchev–Trinajstić information content (AvgIpc) is 2.94. The Morgan fingerprint density at radius 1 is 1.11 bits per heavy atom. The maximum absolute atomic E-state index is 13.0. The van der Waals surface area contributed by atoms with Crippen LogP contribution in [-0.4, -0.2) is 60.2 Å². The summed E-state index contributed by atoms with van der Waals surface area (Å²) in [5.74, 6) is -0.246. The van der Waals surface area contributed by atoms with E-state index in [-0.39, 0.29) is 24.0 Å². The molecule has 1 aliphatic rings. The largest absolute Gasteiger partial charge is 0.465 e. The van der Waals surface area contributed by atoms with Crippen LogP contribution in [0.5, 0.6) is 0 Å². The molecular weight excluding hydrogens is 356 g/mol. The molecule has 6 heteroatoms. The van der Waals surface area contributed by atoms with Gasteiger partial charge in [0.15, 0.2) is 5.78 Å². The van der Waals surface area contributed by atoms with Gasteiger partial charge in [-0.15, -0.1) is 0 Å². The summed E-state index contributed by atoms with van der Waals surface area (Å²) in [5, 5.41) is 0. The van der Waals surface area contributed by atoms with Gasteiger partial charge in [-0.1, -0.05) is 0 Å². The first kappa shape index (κ1) is 20.3. The van der Waals surface area contributed by atoms with Crippen LogP contribution in [0.4, 0.5) is 0 Å². The first-order valence-corrected chi connectivity index (χ1v) is 9.58. The molecule has 1 saturated heterocycles. The molecule has 0 N–H and O–H groups in total. The Morgan fingerprint density at radius 3 is 2.29 bits per heavy atom. The topological polar surface area (TPSA) is 60.8 Å². The molecule has 0 spiro atoms. The fourth-order valence-corrected chi connectivity index (χ4v) is 4.01. The summed E-state index contributed by atoms with van der Waals surface area (Å²) in [7, 11) is 1.37. The van der Waals surface area contributed by atoms with Gasteiger partial charge in [0, 0.05) is 35.7 Å². The summed E-state index contributed by atoms with van der Waals surface area (Å²) >= 11 is 0. The van der Waals surface area contributed by atoms with E-state index in [1.807, 2.05) is 50.5 Å². The van der Waals surface area contributed by atoms with Gasteiger partial charge in [-0.2, -0.15) is 0 Å². The summed E-state index contributed by atoms with van der Waals surface area (Å²) in [5.41, 5.74) is 4.04. The quantitative estimate of drug-likeness (QED) is 0.585. The van der Waals surface area contributed by atoms with E-state index in [0.29, 0.717) is 12.1 Å². The summed E-state index contributed by atoms with van der Waals surface area (Å²) < 4.78 is 12.5. The lowest BCUT2D eigenvalue weighted by molar-refractivity contribution is -0.0652. The Hall–Kier alpha value is -2.44. The third-order valence-electron chi connectivity index (χ3n) is 5.14. The minimum absolute atomic E-state index is 0.117. The van der Waals surface area contributed by atoms with Gasteiger partial charge in [0.1, 0.15) is 0 Å². The third kappa shape index (κ3) is 4.18. The van der Waals surface area contributed by atoms with E-state index in [4.69, 9.17) is 9.47 Å². The van der Waals surface area contributed by atoms with E-state index in [1.165, 1.54) is 7.11 Å². The molecule has 0 saturated carbocycles. The number of hydrogen-bond acceptors (Lipinski definition) is 5. The molecule has 2 atom stereocenters. The van der Waals surface area contributed by atoms with Crippen molar-refractivity contribution in [3.05, 3.63) is 52.8 Å². The number of aryl methyl sites for hydroxylation is 1. The summed E-state index contributed by atoms with van der Waals surface area (Å²) in [6.45, 7) is 9.95. The highest BCUT2D eigenvalue weighted by atomic mass is 16.5. The van der Waals surface area contributed by atoms with E-state index in [1.54, 1.807) is 12.1 Å². The highest BCUT2D eigenvalue weighted by Crippen LogP contribution is 2.22. The van der Waals surface area contributed by atoms with Gasteiger partial charge in [0.05, 0.1) is 31.4 Å². The zero-order valence-electron chi connectivity index (χ0n) is 17.2. The number of ketones is 1. The number of nitrogens with zero attached hydrogens (tertiary/aromatic N) is 2. The van der Waals surface area contributed by atoms with Crippen molar-refractivity contribution >= 4 is 11.8 Å². The molecule has 150 valence electrons. The molecule has 2 aromatic rings. The van der Waals surface area contributed by atoms with Gasteiger partial charge in [-0.25, -0.2) is 4.79 Å². The molecule has 28 heavy (non-hydrogen) atoms. The second-order valence-electron chi connectivity index (χ2n) is 7.53. The fourth-order valence-electron chi connectivity index (χ4n) is 4.01. The predicted molar refractivity (Wildman–Crippen MR) is 107 cm³/mol. The number of Topliss-reactive ketones (excluding diaryl/α,β-unsaturated/α-hetero) is 1. The van der Waals surface area contributed by atoms with Crippen LogP contribution in [0.3, 0.4) is 0 Å². The monoisotopic (exact) mass is 384 g/mol. The minimum Gasteiger partial charge on any atom is -0.465 e. The van der Waals surface area contributed by atoms with Crippen LogP contribution >= 0.6 is 0 Å². The molecule has 0 unspecified atom stereocenters. The predicted octanol–water partition coefficient (Wildman–Crippen LogP) is 3.17. The van der Waals surface area contributed by atoms with Crippen molar-refractivity contribution in [3.63, 3.8) is 0 Å². The summed E-state index contributed by atoms with van der Waals surface area (Å²) in [4.78, 5) is 26.8. The van der Waals surface area contributed by atoms with Crippen LogP contribution in [0, 0.1) is 13.8 Å². The van der Waals surface area contributed by atoms with Crippen molar-refractivity contribution in [2.75, 3.05) is 26.7 Å². The number of aromatic nitrogens is 1. The zero-order valence-corrected chi connectivity index (χ0v) is 17.2. The van der Waals surface area contributed by atoms with Crippen molar-refractivity contribution in [1.29, 1.82) is 0 Å². The van der Waals surface area contributed by atoms with Crippen molar-refractivity contribution in [2.45, 2.75) is 39.9 Å². The first-order valence-electron chi connectivity index (χ1n) is 9.58. The Balaban J connectivity index is 1.81. The van der Waals surface area contributed by atoms with Crippen LogP contribution in [0.1, 0.15) is 46.0 Å². The van der Waals surface area contributed by atoms with Gasteiger partial charge < -0.3 is 14.0 Å². The minimum atomic E-state index is -0.364. The molecule has 0 bridgehead atoms. The molecule has 1 fully saturated rings. The first-order chi connectivity index (χ1) is 13.3. The van der Waals surface area contributed by atoms with E-state index in [9.17, 15) is 9.59 Å². The van der Waals surface area contributed by atoms with Crippen LogP contribution < -0.4 is 0 Å². The van der Waals surface area contributed by atoms with Crippen molar-refractivity contribution < 1.29 is 19.1 Å². The number of rotatable bonds is 5. The second-order valence-corrected chi connectivity index (χ2v) is 7.53. The molecule has 0 amide bonds. The van der Waals surface area contributed by atoms with Crippen LogP contribution in [-0.2, 0) is 9.47 Å². The molecular formula is C22H28N2O4. The fraction of sp³-hybridized carbons (Fsp3) is 0.455. The van der Waals surface area contributed by atoms with E-state index in [2.05, 4.69) is 4.90 Å². The molecule has 6 nitrogen and oxygen atoms in total. The number of carbonyl (C=O) groups excluding carboxylic acids is 2. The Labute approximate surface area is 166 Å². The number of hydrogen-bond donors (Lipinski definition) is 0. The lowest BCUT2D eigenvalue weighted by atomic mass is 10.1. The van der Waals surface area contributed by atoms with Crippen molar-refractivity contribution in [3.8, 4) is 5.69 Å². The molecule has 1 aromatic heterocycles. The molecule has 3 rings (SSSR count). The Bertz CT molecular complexity index is 859. The standard InChI is InChI=1S/C22H28N2O4/c1-14-10-20(21(25)13-23-11-15(2)28-16(3)12-23)17(4)24(14)19-8-6-18(7-9-19)22(26)27-5/h6-10,15-16H,11-13H2,1-5H3/t15-,16-/m0/s1. The smallest absolute Gasteiger partial charge is 0.337 e. The zero-order chi connectivity index (χ0) is 20.4. The summed E-state index contributed by atoms with van der Waals surface area (Å²) in [6.07, 6.45) is 0.273. The lowest BCUT2D eigenvalue weighted by Gasteiger charge is -2.34. The van der Waals surface area contributed by atoms with Crippen molar-refractivity contribution in [2.24, 2.45) is 0 Å². The molecule has 1 aromatic carbocycles. The molecule has 1 aliphatic heterocycles. The van der Waals surface area contributed by atoms with Gasteiger partial charge >= 0.3 is 5.97 Å². The van der Waals surface area contributed by atoms with Crippen LogP contribution in [0.15, 0.2) is 30.3 Å². The highest BCUT2D eigenvalue weighted by molar-refractivity contribution is 5.99. The van der Waals surface area contributed by atoms with Gasteiger partial charge in [0.25, 0.3) is 0 Å². The Morgan fingerprint density at radius 2 is 1.71 bits per heavy atom. The average molecular weight is 384 g/mol. The number of esters is 1. The van der Waals surface area contributed by atoms with E-state index in [0.717, 1.165) is 35.7 Å². The molecule has 0 aliphatic carbocycles. The van der Waals surface area contributed by atoms with Gasteiger partial charge in [0.2, 0.25) is 0 Å². The highest BCUT2D eigenvalue weighted by Gasteiger charge is 2.25. The van der Waals surface area contributed by atoms with Gasteiger partial charge in [-0.3, -0.25) is 9.69 Å². The third-order valence-corrected chi connectivity index (χ3v) is 5.14. The van der Waals surface area contributed by atoms with Crippen molar-refractivity contribution in [1.82, 2.24) is 9.47 Å². The Kier molecular flexibility index (Phi) is 6.01. The molecule has 2 heterocycles. The van der Waals surface area contributed by atoms with Gasteiger partial charge in [-0.05, 0) is 58.0 Å². The number of morpholine rings is 1. The maximum atomic E-state index is 13.0.